The average Bonchev–Trinajstić information content (AvgIpc) is 2.45. The van der Waals surface area contributed by atoms with Gasteiger partial charge in [-0.15, -0.1) is 11.3 Å². The fourth-order valence-electron chi connectivity index (χ4n) is 1.15. The Balaban J connectivity index is 2.63. The van der Waals surface area contributed by atoms with E-state index in [1.165, 1.54) is 0 Å². The van der Waals surface area contributed by atoms with E-state index in [4.69, 9.17) is 0 Å². The summed E-state index contributed by atoms with van der Waals surface area (Å²) in [6, 6.07) is 5.07. The minimum absolute atomic E-state index is 0.410. The number of hydrogen-bond donors (Lipinski definition) is 0. The molecule has 0 atom stereocenters. The number of rotatable bonds is 0. The Hall–Kier alpha value is -1.10. The van der Waals surface area contributed by atoms with Gasteiger partial charge in [-0.05, 0) is 24.6 Å². The van der Waals surface area contributed by atoms with E-state index in [9.17, 15) is 13.2 Å². The lowest BCUT2D eigenvalue weighted by Gasteiger charge is -1.98. The number of aryl methyl sites for hydroxylation is 1. The standard InChI is InChI=1S/C9H6F3NS/c1-5-2-3-6-7(4-5)14-8(13-6)9(10,11)12/h2-4H,1H3. The van der Waals surface area contributed by atoms with Gasteiger partial charge >= 0.3 is 6.18 Å². The van der Waals surface area contributed by atoms with Crippen LogP contribution in [-0.4, -0.2) is 4.98 Å². The van der Waals surface area contributed by atoms with Crippen LogP contribution < -0.4 is 0 Å². The number of nitrogens with zero attached hydrogens (tertiary/aromatic N) is 1. The zero-order valence-corrected chi connectivity index (χ0v) is 8.04. The van der Waals surface area contributed by atoms with Crippen molar-refractivity contribution < 1.29 is 13.2 Å². The summed E-state index contributed by atoms with van der Waals surface area (Å²) < 4.78 is 37.4. The molecular weight excluding hydrogens is 211 g/mol. The summed E-state index contributed by atoms with van der Waals surface area (Å²) >= 11 is 0.682. The zero-order chi connectivity index (χ0) is 10.3. The Morgan fingerprint density at radius 2 is 2.00 bits per heavy atom. The molecule has 0 radical (unpaired) electrons. The van der Waals surface area contributed by atoms with Crippen molar-refractivity contribution >= 4 is 21.6 Å². The number of thiazole rings is 1. The van der Waals surface area contributed by atoms with Crippen molar-refractivity contribution in [2.45, 2.75) is 13.1 Å². The van der Waals surface area contributed by atoms with Crippen molar-refractivity contribution in [2.24, 2.45) is 0 Å². The maximum atomic E-state index is 12.3. The van der Waals surface area contributed by atoms with E-state index < -0.39 is 11.2 Å². The van der Waals surface area contributed by atoms with Crippen molar-refractivity contribution in [3.8, 4) is 0 Å². The highest BCUT2D eigenvalue weighted by molar-refractivity contribution is 7.18. The quantitative estimate of drug-likeness (QED) is 0.656. The fourth-order valence-corrected chi connectivity index (χ4v) is 2.08. The van der Waals surface area contributed by atoms with Gasteiger partial charge in [0.1, 0.15) is 0 Å². The maximum Gasteiger partial charge on any atom is 0.443 e. The van der Waals surface area contributed by atoms with Gasteiger partial charge < -0.3 is 0 Å². The van der Waals surface area contributed by atoms with E-state index in [0.29, 0.717) is 21.6 Å². The summed E-state index contributed by atoms with van der Waals surface area (Å²) in [6.45, 7) is 1.84. The molecular formula is C9H6F3NS. The summed E-state index contributed by atoms with van der Waals surface area (Å²) in [4.78, 5) is 3.52. The van der Waals surface area contributed by atoms with E-state index in [0.717, 1.165) is 5.56 Å². The topological polar surface area (TPSA) is 12.9 Å². The van der Waals surface area contributed by atoms with Crippen molar-refractivity contribution in [2.75, 3.05) is 0 Å². The van der Waals surface area contributed by atoms with Crippen LogP contribution in [-0.2, 0) is 6.18 Å². The summed E-state index contributed by atoms with van der Waals surface area (Å²) in [5.74, 6) is 0. The molecule has 0 saturated heterocycles. The first-order valence-corrected chi connectivity index (χ1v) is 4.73. The summed E-state index contributed by atoms with van der Waals surface area (Å²) in [5.41, 5.74) is 1.35. The van der Waals surface area contributed by atoms with Crippen LogP contribution in [0.25, 0.3) is 10.2 Å². The number of aromatic nitrogens is 1. The summed E-state index contributed by atoms with van der Waals surface area (Å²) in [5, 5.41) is -0.780. The molecule has 1 aromatic heterocycles. The third-order valence-corrected chi connectivity index (χ3v) is 2.85. The van der Waals surface area contributed by atoms with Crippen molar-refractivity contribution in [3.63, 3.8) is 0 Å². The molecule has 0 spiro atoms. The smallest absolute Gasteiger partial charge is 0.232 e. The first-order valence-electron chi connectivity index (χ1n) is 3.91. The molecule has 0 N–H and O–H groups in total. The van der Waals surface area contributed by atoms with Gasteiger partial charge in [0.25, 0.3) is 0 Å². The van der Waals surface area contributed by atoms with E-state index in [1.807, 2.05) is 6.92 Å². The van der Waals surface area contributed by atoms with Gasteiger partial charge in [0.2, 0.25) is 0 Å². The fraction of sp³-hybridized carbons (Fsp3) is 0.222. The lowest BCUT2D eigenvalue weighted by molar-refractivity contribution is -0.137. The Kier molecular flexibility index (Phi) is 1.99. The molecule has 1 aromatic carbocycles. The number of alkyl halides is 3. The van der Waals surface area contributed by atoms with Crippen molar-refractivity contribution in [1.29, 1.82) is 0 Å². The van der Waals surface area contributed by atoms with Gasteiger partial charge in [0, 0.05) is 0 Å². The average molecular weight is 217 g/mol. The molecule has 0 bridgehead atoms. The van der Waals surface area contributed by atoms with Crippen LogP contribution in [0.3, 0.4) is 0 Å². The van der Waals surface area contributed by atoms with Crippen LogP contribution in [0.5, 0.6) is 0 Å². The van der Waals surface area contributed by atoms with Gasteiger partial charge in [-0.3, -0.25) is 0 Å². The van der Waals surface area contributed by atoms with Gasteiger partial charge in [0.15, 0.2) is 5.01 Å². The van der Waals surface area contributed by atoms with E-state index in [-0.39, 0.29) is 0 Å². The molecule has 5 heteroatoms. The molecule has 74 valence electrons. The molecule has 0 saturated carbocycles. The molecule has 1 nitrogen and oxygen atoms in total. The van der Waals surface area contributed by atoms with Gasteiger partial charge in [0.05, 0.1) is 10.2 Å². The van der Waals surface area contributed by atoms with E-state index in [1.54, 1.807) is 18.2 Å². The number of benzene rings is 1. The molecule has 14 heavy (non-hydrogen) atoms. The van der Waals surface area contributed by atoms with Crippen LogP contribution in [0.1, 0.15) is 10.6 Å². The predicted molar refractivity (Wildman–Crippen MR) is 49.4 cm³/mol. The minimum atomic E-state index is -4.34. The van der Waals surface area contributed by atoms with E-state index >= 15 is 0 Å². The maximum absolute atomic E-state index is 12.3. The first-order chi connectivity index (χ1) is 6.47. The lowest BCUT2D eigenvalue weighted by atomic mass is 10.2. The second-order valence-corrected chi connectivity index (χ2v) is 4.02. The SMILES string of the molecule is Cc1ccc2nc(C(F)(F)F)sc2c1. The van der Waals surface area contributed by atoms with Crippen molar-refractivity contribution in [1.82, 2.24) is 4.98 Å². The van der Waals surface area contributed by atoms with Crippen LogP contribution in [0.4, 0.5) is 13.2 Å². The predicted octanol–water partition coefficient (Wildman–Crippen LogP) is 3.62. The van der Waals surface area contributed by atoms with Crippen LogP contribution in [0.15, 0.2) is 18.2 Å². The van der Waals surface area contributed by atoms with Crippen LogP contribution >= 0.6 is 11.3 Å². The Morgan fingerprint density at radius 1 is 1.29 bits per heavy atom. The highest BCUT2D eigenvalue weighted by Gasteiger charge is 2.34. The molecule has 0 aliphatic heterocycles. The third kappa shape index (κ3) is 1.59. The molecule has 0 aliphatic rings. The summed E-state index contributed by atoms with van der Waals surface area (Å²) in [6.07, 6.45) is -4.34. The summed E-state index contributed by atoms with van der Waals surface area (Å²) in [7, 11) is 0. The third-order valence-electron chi connectivity index (χ3n) is 1.79. The lowest BCUT2D eigenvalue weighted by Crippen LogP contribution is -2.03. The molecule has 0 unspecified atom stereocenters. The molecule has 2 rings (SSSR count). The minimum Gasteiger partial charge on any atom is -0.232 e. The Labute approximate surface area is 82.2 Å². The van der Waals surface area contributed by atoms with Gasteiger partial charge in [-0.2, -0.15) is 13.2 Å². The van der Waals surface area contributed by atoms with Gasteiger partial charge in [-0.1, -0.05) is 6.07 Å². The molecule has 0 aliphatic carbocycles. The Bertz CT molecular complexity index is 472. The van der Waals surface area contributed by atoms with Crippen LogP contribution in [0, 0.1) is 6.92 Å². The largest absolute Gasteiger partial charge is 0.443 e. The monoisotopic (exact) mass is 217 g/mol. The van der Waals surface area contributed by atoms with E-state index in [2.05, 4.69) is 4.98 Å². The van der Waals surface area contributed by atoms with Crippen molar-refractivity contribution in [3.05, 3.63) is 28.8 Å². The number of halogens is 3. The Morgan fingerprint density at radius 3 is 2.64 bits per heavy atom. The molecule has 0 fully saturated rings. The second kappa shape index (κ2) is 2.95. The number of hydrogen-bond acceptors (Lipinski definition) is 2. The van der Waals surface area contributed by atoms with Crippen LogP contribution in [0.2, 0.25) is 0 Å². The zero-order valence-electron chi connectivity index (χ0n) is 7.22. The molecule has 1 heterocycles. The van der Waals surface area contributed by atoms with Gasteiger partial charge in [-0.25, -0.2) is 4.98 Å². The second-order valence-electron chi connectivity index (χ2n) is 2.99. The normalized spacial score (nSPS) is 12.3. The highest BCUT2D eigenvalue weighted by atomic mass is 32.1. The molecule has 2 aromatic rings. The molecule has 0 amide bonds. The first kappa shape index (κ1) is 9.45. The highest BCUT2D eigenvalue weighted by Crippen LogP contribution is 2.35. The number of fused-ring (bicyclic) bond motifs is 1.